The Hall–Kier alpha value is -4.29. The molecule has 0 saturated carbocycles. The normalized spacial score (nSPS) is 15.3. The van der Waals surface area contributed by atoms with Crippen LogP contribution in [0.25, 0.3) is 10.8 Å². The van der Waals surface area contributed by atoms with Crippen LogP contribution in [0.15, 0.2) is 55.0 Å². The van der Waals surface area contributed by atoms with Crippen LogP contribution >= 0.6 is 0 Å². The molecule has 1 fully saturated rings. The summed E-state index contributed by atoms with van der Waals surface area (Å²) >= 11 is 0. The van der Waals surface area contributed by atoms with Gasteiger partial charge in [0.25, 0.3) is 0 Å². The van der Waals surface area contributed by atoms with Crippen LogP contribution in [-0.4, -0.2) is 75.3 Å². The second-order valence-electron chi connectivity index (χ2n) is 9.61. The Morgan fingerprint density at radius 1 is 1.20 bits per heavy atom. The number of rotatable bonds is 12. The van der Waals surface area contributed by atoms with Crippen LogP contribution in [0, 0.1) is 5.82 Å². The number of methoxy groups -OCH3 is 1. The van der Waals surface area contributed by atoms with Crippen molar-refractivity contribution >= 4 is 33.9 Å². The molecule has 1 aliphatic rings. The Morgan fingerprint density at radius 2 is 2.10 bits per heavy atom. The molecule has 11 nitrogen and oxygen atoms in total. The lowest BCUT2D eigenvalue weighted by molar-refractivity contribution is -0.116. The first-order chi connectivity index (χ1) is 19.5. The molecule has 1 atom stereocenters. The zero-order valence-electron chi connectivity index (χ0n) is 22.2. The monoisotopic (exact) mass is 549 g/mol. The molecule has 0 radical (unpaired) electrons. The minimum atomic E-state index is -0.427. The van der Waals surface area contributed by atoms with Gasteiger partial charge in [-0.1, -0.05) is 6.07 Å². The number of aliphatic hydroxyl groups is 1. The van der Waals surface area contributed by atoms with Crippen molar-refractivity contribution in [2.24, 2.45) is 0 Å². The summed E-state index contributed by atoms with van der Waals surface area (Å²) in [5.41, 5.74) is 0.989. The second kappa shape index (κ2) is 12.7. The van der Waals surface area contributed by atoms with Gasteiger partial charge in [-0.15, -0.1) is 5.10 Å². The lowest BCUT2D eigenvalue weighted by Gasteiger charge is -2.22. The SMILES string of the molecule is COc1cc2c(Nc3cnn(CC(=O)Nc4cccc(F)c4)c3)nncc2cc1OCCCN1CCC[C@@H]1CO. The van der Waals surface area contributed by atoms with Gasteiger partial charge in [0.05, 0.1) is 38.4 Å². The molecular weight excluding hydrogens is 517 g/mol. The van der Waals surface area contributed by atoms with Gasteiger partial charge in [0.15, 0.2) is 17.3 Å². The Bertz CT molecular complexity index is 1460. The topological polar surface area (TPSA) is 127 Å². The number of carbonyl (C=O) groups excluding carboxylic acids is 1. The number of aliphatic hydroxyl groups excluding tert-OH is 1. The molecule has 0 aliphatic carbocycles. The van der Waals surface area contributed by atoms with Gasteiger partial charge in [-0.2, -0.15) is 10.2 Å². The molecule has 0 spiro atoms. The Kier molecular flexibility index (Phi) is 8.67. The first kappa shape index (κ1) is 27.3. The molecule has 3 heterocycles. The first-order valence-corrected chi connectivity index (χ1v) is 13.2. The summed E-state index contributed by atoms with van der Waals surface area (Å²) in [7, 11) is 1.59. The highest BCUT2D eigenvalue weighted by Gasteiger charge is 2.23. The standard InChI is InChI=1S/C28H32FN7O4/c1-39-25-13-24-19(11-26(25)40-10-4-9-35-8-3-7-23(35)18-37)14-30-34-28(24)33-22-15-31-36(16-22)17-27(38)32-21-6-2-5-20(29)12-21/h2,5-6,11-16,23,37H,3-4,7-10,17-18H2,1H3,(H,32,38)(H,33,34)/t23-/m1/s1. The van der Waals surface area contributed by atoms with E-state index in [-0.39, 0.29) is 25.1 Å². The number of anilines is 3. The number of ether oxygens (including phenoxy) is 2. The number of aromatic nitrogens is 4. The molecule has 40 heavy (non-hydrogen) atoms. The molecule has 2 aromatic carbocycles. The molecule has 1 aliphatic heterocycles. The number of likely N-dealkylation sites (tertiary alicyclic amines) is 1. The minimum absolute atomic E-state index is 0.0493. The summed E-state index contributed by atoms with van der Waals surface area (Å²) in [5.74, 6) is 0.921. The molecule has 12 heteroatoms. The number of nitrogens with one attached hydrogen (secondary N) is 2. The Morgan fingerprint density at radius 3 is 2.92 bits per heavy atom. The van der Waals surface area contributed by atoms with Crippen LogP contribution in [0.4, 0.5) is 21.6 Å². The van der Waals surface area contributed by atoms with Crippen molar-refractivity contribution in [1.82, 2.24) is 24.9 Å². The van der Waals surface area contributed by atoms with Gasteiger partial charge in [-0.05, 0) is 56.1 Å². The predicted molar refractivity (Wildman–Crippen MR) is 148 cm³/mol. The van der Waals surface area contributed by atoms with Crippen LogP contribution in [0.5, 0.6) is 11.5 Å². The molecule has 0 bridgehead atoms. The van der Waals surface area contributed by atoms with E-state index in [0.717, 1.165) is 43.1 Å². The number of hydrogen-bond acceptors (Lipinski definition) is 9. The van der Waals surface area contributed by atoms with E-state index in [1.54, 1.807) is 31.8 Å². The van der Waals surface area contributed by atoms with E-state index >= 15 is 0 Å². The van der Waals surface area contributed by atoms with E-state index in [1.807, 2.05) is 12.1 Å². The molecule has 2 aromatic heterocycles. The lowest BCUT2D eigenvalue weighted by atomic mass is 10.1. The number of benzene rings is 2. The second-order valence-corrected chi connectivity index (χ2v) is 9.61. The number of halogens is 1. The maximum absolute atomic E-state index is 13.4. The third-order valence-corrected chi connectivity index (χ3v) is 6.81. The summed E-state index contributed by atoms with van der Waals surface area (Å²) in [4.78, 5) is 14.7. The quantitative estimate of drug-likeness (QED) is 0.227. The summed E-state index contributed by atoms with van der Waals surface area (Å²) in [6, 6.07) is 9.68. The third-order valence-electron chi connectivity index (χ3n) is 6.81. The van der Waals surface area contributed by atoms with E-state index in [1.165, 1.54) is 22.9 Å². The van der Waals surface area contributed by atoms with Crippen LogP contribution < -0.4 is 20.1 Å². The fourth-order valence-electron chi connectivity index (χ4n) is 4.87. The largest absolute Gasteiger partial charge is 0.493 e. The average Bonchev–Trinajstić information content (AvgIpc) is 3.59. The van der Waals surface area contributed by atoms with Crippen molar-refractivity contribution in [2.45, 2.75) is 31.8 Å². The van der Waals surface area contributed by atoms with Crippen molar-refractivity contribution in [2.75, 3.05) is 44.0 Å². The van der Waals surface area contributed by atoms with Gasteiger partial charge in [-0.3, -0.25) is 14.4 Å². The van der Waals surface area contributed by atoms with Gasteiger partial charge in [0.2, 0.25) is 5.91 Å². The highest BCUT2D eigenvalue weighted by molar-refractivity contribution is 5.95. The maximum Gasteiger partial charge on any atom is 0.246 e. The third kappa shape index (κ3) is 6.64. The highest BCUT2D eigenvalue weighted by atomic mass is 19.1. The van der Waals surface area contributed by atoms with Crippen molar-refractivity contribution in [3.63, 3.8) is 0 Å². The molecule has 210 valence electrons. The Balaban J connectivity index is 1.22. The molecule has 1 amide bonds. The van der Waals surface area contributed by atoms with E-state index in [2.05, 4.69) is 30.8 Å². The molecule has 5 rings (SSSR count). The van der Waals surface area contributed by atoms with Crippen molar-refractivity contribution in [3.8, 4) is 11.5 Å². The van der Waals surface area contributed by atoms with Crippen LogP contribution in [0.1, 0.15) is 19.3 Å². The van der Waals surface area contributed by atoms with E-state index in [9.17, 15) is 14.3 Å². The number of carbonyl (C=O) groups is 1. The van der Waals surface area contributed by atoms with Gasteiger partial charge in [0, 0.05) is 35.2 Å². The molecule has 4 aromatic rings. The first-order valence-electron chi connectivity index (χ1n) is 13.2. The molecule has 1 saturated heterocycles. The zero-order valence-corrected chi connectivity index (χ0v) is 22.2. The van der Waals surface area contributed by atoms with Crippen LogP contribution in [-0.2, 0) is 11.3 Å². The maximum atomic E-state index is 13.4. The van der Waals surface area contributed by atoms with Crippen LogP contribution in [0.2, 0.25) is 0 Å². The summed E-state index contributed by atoms with van der Waals surface area (Å²) in [6.45, 7) is 2.56. The number of fused-ring (bicyclic) bond motifs is 1. The fraction of sp³-hybridized carbons (Fsp3) is 0.357. The van der Waals surface area contributed by atoms with Gasteiger partial charge < -0.3 is 25.2 Å². The Labute approximate surface area is 230 Å². The summed E-state index contributed by atoms with van der Waals surface area (Å²) in [6.07, 6.45) is 7.90. The molecular formula is C28H32FN7O4. The van der Waals surface area contributed by atoms with Gasteiger partial charge in [-0.25, -0.2) is 4.39 Å². The summed E-state index contributed by atoms with van der Waals surface area (Å²) < 4.78 is 26.5. The number of amides is 1. The van der Waals surface area contributed by atoms with E-state index in [0.29, 0.717) is 35.3 Å². The van der Waals surface area contributed by atoms with Crippen molar-refractivity contribution in [1.29, 1.82) is 0 Å². The van der Waals surface area contributed by atoms with E-state index in [4.69, 9.17) is 9.47 Å². The summed E-state index contributed by atoms with van der Waals surface area (Å²) in [5, 5.41) is 29.5. The van der Waals surface area contributed by atoms with Gasteiger partial charge in [0.1, 0.15) is 12.4 Å². The fourth-order valence-corrected chi connectivity index (χ4v) is 4.87. The zero-order chi connectivity index (χ0) is 27.9. The van der Waals surface area contributed by atoms with Gasteiger partial charge >= 0.3 is 0 Å². The van der Waals surface area contributed by atoms with Crippen molar-refractivity contribution in [3.05, 3.63) is 60.8 Å². The van der Waals surface area contributed by atoms with E-state index < -0.39 is 5.82 Å². The van der Waals surface area contributed by atoms with Crippen molar-refractivity contribution < 1.29 is 23.8 Å². The minimum Gasteiger partial charge on any atom is -0.493 e. The molecule has 0 unspecified atom stereocenters. The number of nitrogens with zero attached hydrogens (tertiary/aromatic N) is 5. The highest BCUT2D eigenvalue weighted by Crippen LogP contribution is 2.35. The average molecular weight is 550 g/mol. The number of hydrogen-bond donors (Lipinski definition) is 3. The van der Waals surface area contributed by atoms with Crippen LogP contribution in [0.3, 0.4) is 0 Å². The lowest BCUT2D eigenvalue weighted by Crippen LogP contribution is -2.33. The smallest absolute Gasteiger partial charge is 0.246 e. The molecule has 3 N–H and O–H groups in total. The predicted octanol–water partition coefficient (Wildman–Crippen LogP) is 3.58.